The molecule has 24 heavy (non-hydrogen) atoms. The van der Waals surface area contributed by atoms with Crippen LogP contribution in [0, 0.1) is 19.8 Å². The first kappa shape index (κ1) is 16.1. The van der Waals surface area contributed by atoms with Gasteiger partial charge in [0.2, 0.25) is 5.91 Å². The van der Waals surface area contributed by atoms with Gasteiger partial charge in [-0.15, -0.1) is 0 Å². The van der Waals surface area contributed by atoms with E-state index in [4.69, 9.17) is 4.52 Å². The van der Waals surface area contributed by atoms with Gasteiger partial charge in [-0.2, -0.15) is 0 Å². The van der Waals surface area contributed by atoms with Gasteiger partial charge in [0.15, 0.2) is 0 Å². The number of hydrogen-bond donors (Lipinski definition) is 0. The first-order valence-electron chi connectivity index (χ1n) is 9.58. The third kappa shape index (κ3) is 3.10. The van der Waals surface area contributed by atoms with Crippen LogP contribution >= 0.6 is 0 Å². The molecular formula is C19H29N3O2. The van der Waals surface area contributed by atoms with E-state index in [-0.39, 0.29) is 0 Å². The van der Waals surface area contributed by atoms with Crippen molar-refractivity contribution in [2.75, 3.05) is 19.6 Å². The second-order valence-electron chi connectivity index (χ2n) is 7.87. The fraction of sp³-hybridized carbons (Fsp3) is 0.789. The molecule has 0 bridgehead atoms. The van der Waals surface area contributed by atoms with Gasteiger partial charge in [0, 0.05) is 37.2 Å². The van der Waals surface area contributed by atoms with Gasteiger partial charge in [-0.3, -0.25) is 9.69 Å². The molecule has 1 aromatic rings. The van der Waals surface area contributed by atoms with Gasteiger partial charge in [0.25, 0.3) is 0 Å². The van der Waals surface area contributed by atoms with Gasteiger partial charge in [-0.25, -0.2) is 0 Å². The molecule has 1 aliphatic carbocycles. The molecule has 1 aromatic heterocycles. The summed E-state index contributed by atoms with van der Waals surface area (Å²) < 4.78 is 5.20. The highest BCUT2D eigenvalue weighted by molar-refractivity contribution is 5.76. The van der Waals surface area contributed by atoms with Crippen LogP contribution in [-0.2, 0) is 11.2 Å². The Balaban J connectivity index is 1.33. The smallest absolute Gasteiger partial charge is 0.222 e. The molecule has 2 unspecified atom stereocenters. The fourth-order valence-corrected chi connectivity index (χ4v) is 4.78. The first-order chi connectivity index (χ1) is 11.6. The number of nitrogens with zero attached hydrogens (tertiary/aromatic N) is 3. The minimum Gasteiger partial charge on any atom is -0.361 e. The first-order valence-corrected chi connectivity index (χ1v) is 9.58. The maximum absolute atomic E-state index is 12.7. The summed E-state index contributed by atoms with van der Waals surface area (Å²) in [5, 5.41) is 3.99. The highest BCUT2D eigenvalue weighted by atomic mass is 16.5. The lowest BCUT2D eigenvalue weighted by Crippen LogP contribution is -2.55. The minimum atomic E-state index is 0.303. The second kappa shape index (κ2) is 6.51. The minimum absolute atomic E-state index is 0.303. The molecule has 0 N–H and O–H groups in total. The second-order valence-corrected chi connectivity index (χ2v) is 7.87. The van der Waals surface area contributed by atoms with Crippen LogP contribution in [0.25, 0.3) is 0 Å². The average Bonchev–Trinajstić information content (AvgIpc) is 3.39. The van der Waals surface area contributed by atoms with E-state index in [0.717, 1.165) is 55.0 Å². The van der Waals surface area contributed by atoms with E-state index >= 15 is 0 Å². The van der Waals surface area contributed by atoms with Gasteiger partial charge in [-0.05, 0) is 64.8 Å². The van der Waals surface area contributed by atoms with Crippen molar-refractivity contribution in [3.63, 3.8) is 0 Å². The van der Waals surface area contributed by atoms with Crippen LogP contribution in [0.3, 0.4) is 0 Å². The van der Waals surface area contributed by atoms with Gasteiger partial charge in [0.05, 0.1) is 5.69 Å². The van der Waals surface area contributed by atoms with E-state index < -0.39 is 0 Å². The number of aryl methyl sites for hydroxylation is 2. The van der Waals surface area contributed by atoms with E-state index in [1.165, 1.54) is 32.2 Å². The topological polar surface area (TPSA) is 49.6 Å². The molecule has 3 aliphatic rings. The molecule has 2 atom stereocenters. The molecule has 3 heterocycles. The Morgan fingerprint density at radius 1 is 1.21 bits per heavy atom. The van der Waals surface area contributed by atoms with Crippen LogP contribution in [-0.4, -0.2) is 52.6 Å². The van der Waals surface area contributed by atoms with Crippen molar-refractivity contribution in [1.29, 1.82) is 0 Å². The van der Waals surface area contributed by atoms with Gasteiger partial charge >= 0.3 is 0 Å². The molecule has 1 saturated carbocycles. The molecule has 5 nitrogen and oxygen atoms in total. The summed E-state index contributed by atoms with van der Waals surface area (Å²) in [5.74, 6) is 1.85. The predicted molar refractivity (Wildman–Crippen MR) is 91.7 cm³/mol. The zero-order valence-corrected chi connectivity index (χ0v) is 15.0. The van der Waals surface area contributed by atoms with Crippen molar-refractivity contribution in [2.45, 2.75) is 70.9 Å². The fourth-order valence-electron chi connectivity index (χ4n) is 4.78. The van der Waals surface area contributed by atoms with Gasteiger partial charge in [0.1, 0.15) is 5.76 Å². The Morgan fingerprint density at radius 3 is 2.75 bits per heavy atom. The molecule has 0 radical (unpaired) electrons. The van der Waals surface area contributed by atoms with Gasteiger partial charge < -0.3 is 9.42 Å². The zero-order valence-electron chi connectivity index (χ0n) is 15.0. The number of amides is 1. The summed E-state index contributed by atoms with van der Waals surface area (Å²) in [6, 6.07) is 1.59. The Morgan fingerprint density at radius 2 is 2.04 bits per heavy atom. The van der Waals surface area contributed by atoms with Crippen molar-refractivity contribution in [2.24, 2.45) is 5.92 Å². The van der Waals surface area contributed by atoms with E-state index in [2.05, 4.69) is 15.0 Å². The number of rotatable bonds is 4. The number of carbonyl (C=O) groups is 1. The van der Waals surface area contributed by atoms with Crippen molar-refractivity contribution < 1.29 is 9.32 Å². The SMILES string of the molecule is Cc1noc(C)c1CCC(=O)N1CCC2C(CCCN2C2CC2)C1. The predicted octanol–water partition coefficient (Wildman–Crippen LogP) is 2.70. The van der Waals surface area contributed by atoms with Crippen LogP contribution in [0.5, 0.6) is 0 Å². The van der Waals surface area contributed by atoms with Crippen molar-refractivity contribution in [3.05, 3.63) is 17.0 Å². The lowest BCUT2D eigenvalue weighted by molar-refractivity contribution is -0.135. The lowest BCUT2D eigenvalue weighted by atomic mass is 9.83. The highest BCUT2D eigenvalue weighted by Gasteiger charge is 2.42. The van der Waals surface area contributed by atoms with E-state index in [9.17, 15) is 4.79 Å². The third-order valence-electron chi connectivity index (χ3n) is 6.25. The molecule has 4 rings (SSSR count). The molecule has 5 heteroatoms. The number of aromatic nitrogens is 1. The van der Waals surface area contributed by atoms with Crippen molar-refractivity contribution in [3.8, 4) is 0 Å². The molecule has 2 saturated heterocycles. The Bertz CT molecular complexity index is 588. The zero-order chi connectivity index (χ0) is 16.7. The number of likely N-dealkylation sites (tertiary alicyclic amines) is 2. The summed E-state index contributed by atoms with van der Waals surface area (Å²) in [4.78, 5) is 17.6. The Hall–Kier alpha value is -1.36. The number of fused-ring (bicyclic) bond motifs is 1. The van der Waals surface area contributed by atoms with E-state index in [1.54, 1.807) is 0 Å². The maximum Gasteiger partial charge on any atom is 0.222 e. The molecule has 0 aromatic carbocycles. The van der Waals surface area contributed by atoms with Crippen LogP contribution in [0.2, 0.25) is 0 Å². The Labute approximate surface area is 144 Å². The van der Waals surface area contributed by atoms with E-state index in [0.29, 0.717) is 18.2 Å². The number of piperidine rings is 2. The normalized spacial score (nSPS) is 28.0. The maximum atomic E-state index is 12.7. The van der Waals surface area contributed by atoms with Crippen molar-refractivity contribution >= 4 is 5.91 Å². The van der Waals surface area contributed by atoms with Crippen LogP contribution in [0.4, 0.5) is 0 Å². The van der Waals surface area contributed by atoms with Crippen LogP contribution in [0.1, 0.15) is 55.5 Å². The lowest BCUT2D eigenvalue weighted by Gasteiger charge is -2.47. The molecular weight excluding hydrogens is 302 g/mol. The molecule has 3 fully saturated rings. The van der Waals surface area contributed by atoms with Gasteiger partial charge in [-0.1, -0.05) is 5.16 Å². The van der Waals surface area contributed by atoms with Crippen LogP contribution in [0.15, 0.2) is 4.52 Å². The number of hydrogen-bond acceptors (Lipinski definition) is 4. The Kier molecular flexibility index (Phi) is 4.37. The van der Waals surface area contributed by atoms with Crippen molar-refractivity contribution in [1.82, 2.24) is 15.0 Å². The molecule has 132 valence electrons. The monoisotopic (exact) mass is 331 g/mol. The quantitative estimate of drug-likeness (QED) is 0.851. The molecule has 1 amide bonds. The summed E-state index contributed by atoms with van der Waals surface area (Å²) in [6.07, 6.45) is 7.87. The molecule has 0 spiro atoms. The summed E-state index contributed by atoms with van der Waals surface area (Å²) >= 11 is 0. The molecule has 2 aliphatic heterocycles. The third-order valence-corrected chi connectivity index (χ3v) is 6.25. The summed E-state index contributed by atoms with van der Waals surface area (Å²) in [7, 11) is 0. The van der Waals surface area contributed by atoms with Crippen LogP contribution < -0.4 is 0 Å². The largest absolute Gasteiger partial charge is 0.361 e. The number of carbonyl (C=O) groups excluding carboxylic acids is 1. The standard InChI is InChI=1S/C19H29N3O2/c1-13-17(14(2)24-20-13)7-8-19(23)21-11-9-18-15(12-21)4-3-10-22(18)16-5-6-16/h15-16,18H,3-12H2,1-2H3. The highest BCUT2D eigenvalue weighted by Crippen LogP contribution is 2.38. The van der Waals surface area contributed by atoms with E-state index in [1.807, 2.05) is 13.8 Å². The average molecular weight is 331 g/mol. The summed E-state index contributed by atoms with van der Waals surface area (Å²) in [5.41, 5.74) is 2.03. The summed E-state index contributed by atoms with van der Waals surface area (Å²) in [6.45, 7) is 7.07.